The molecular formula is C63H61BN2O. The third kappa shape index (κ3) is 6.61. The topological polar surface area (TPSA) is 28.4 Å². The predicted octanol–water partition coefficient (Wildman–Crippen LogP) is 16.0. The van der Waals surface area contributed by atoms with Crippen molar-refractivity contribution in [2.75, 3.05) is 10.2 Å². The van der Waals surface area contributed by atoms with E-state index in [-0.39, 0.29) is 21.7 Å². The first-order valence-corrected chi connectivity index (χ1v) is 24.6. The van der Waals surface area contributed by atoms with Gasteiger partial charge in [0.2, 0.25) is 0 Å². The molecular weight excluding hydrogens is 812 g/mol. The van der Waals surface area contributed by atoms with Crippen molar-refractivity contribution in [1.29, 1.82) is 0 Å². The molecule has 1 aliphatic heterocycles. The number of fused-ring (bicyclic) bond motifs is 8. The molecule has 0 amide bonds. The van der Waals surface area contributed by atoms with Crippen LogP contribution in [0.5, 0.6) is 0 Å². The number of hydrogen-bond acceptors (Lipinski definition) is 3. The molecule has 0 spiro atoms. The van der Waals surface area contributed by atoms with Gasteiger partial charge in [-0.1, -0.05) is 158 Å². The highest BCUT2D eigenvalue weighted by molar-refractivity contribution is 6.74. The van der Waals surface area contributed by atoms with Crippen molar-refractivity contribution in [2.45, 2.75) is 110 Å². The Hall–Kier alpha value is -6.52. The van der Waals surface area contributed by atoms with E-state index in [9.17, 15) is 0 Å². The second-order valence-electron chi connectivity index (χ2n) is 22.8. The van der Waals surface area contributed by atoms with Gasteiger partial charge in [-0.2, -0.15) is 0 Å². The van der Waals surface area contributed by atoms with E-state index in [2.05, 4.69) is 218 Å². The van der Waals surface area contributed by atoms with Crippen molar-refractivity contribution in [3.8, 4) is 22.3 Å². The van der Waals surface area contributed by atoms with Crippen LogP contribution in [0.2, 0.25) is 0 Å². The molecule has 9 aromatic rings. The van der Waals surface area contributed by atoms with Crippen molar-refractivity contribution in [3.05, 3.63) is 173 Å². The SMILES string of the molecule is Cc1cc2c(cc1N1c3cc(-c4ccccc4)ccc3Bc3c1cc1ccccc1c3-c1c(Nc3ccc4c(c3)C(C)(C)CCC4(C)C)ccc3c1oc1ccccc13)C(C)(C)CCC2(C)C. The number of aryl methyl sites for hydroxylation is 1. The van der Waals surface area contributed by atoms with Crippen LogP contribution in [-0.2, 0) is 21.7 Å². The average Bonchev–Trinajstić information content (AvgIpc) is 3.70. The molecule has 1 N–H and O–H groups in total. The summed E-state index contributed by atoms with van der Waals surface area (Å²) in [5.74, 6) is 0. The summed E-state index contributed by atoms with van der Waals surface area (Å²) in [5, 5.41) is 8.76. The van der Waals surface area contributed by atoms with Gasteiger partial charge in [-0.05, 0) is 164 Å². The number of anilines is 5. The van der Waals surface area contributed by atoms with Crippen LogP contribution in [0.15, 0.2) is 150 Å². The van der Waals surface area contributed by atoms with E-state index in [0.29, 0.717) is 0 Å². The summed E-state index contributed by atoms with van der Waals surface area (Å²) in [6.07, 6.45) is 4.69. The highest BCUT2D eigenvalue weighted by Crippen LogP contribution is 2.52. The Balaban J connectivity index is 1.15. The first-order valence-electron chi connectivity index (χ1n) is 24.6. The summed E-state index contributed by atoms with van der Waals surface area (Å²) in [5.41, 5.74) is 22.6. The van der Waals surface area contributed by atoms with Gasteiger partial charge >= 0.3 is 0 Å². The molecule has 12 rings (SSSR count). The maximum atomic E-state index is 7.12. The van der Waals surface area contributed by atoms with Crippen LogP contribution in [0.4, 0.5) is 28.4 Å². The molecule has 0 saturated carbocycles. The third-order valence-electron chi connectivity index (χ3n) is 16.5. The lowest BCUT2D eigenvalue weighted by Gasteiger charge is -2.44. The highest BCUT2D eigenvalue weighted by atomic mass is 16.3. The Morgan fingerprint density at radius 1 is 0.493 bits per heavy atom. The summed E-state index contributed by atoms with van der Waals surface area (Å²) in [4.78, 5) is 2.63. The van der Waals surface area contributed by atoms with Crippen LogP contribution in [0.3, 0.4) is 0 Å². The Morgan fingerprint density at radius 3 is 1.88 bits per heavy atom. The fourth-order valence-corrected chi connectivity index (χ4v) is 12.3. The van der Waals surface area contributed by atoms with Crippen molar-refractivity contribution in [1.82, 2.24) is 0 Å². The van der Waals surface area contributed by atoms with Crippen molar-refractivity contribution < 1.29 is 4.42 Å². The van der Waals surface area contributed by atoms with Gasteiger partial charge in [0.1, 0.15) is 11.2 Å². The zero-order valence-corrected chi connectivity index (χ0v) is 40.7. The monoisotopic (exact) mass is 872 g/mol. The minimum absolute atomic E-state index is 0.0499. The van der Waals surface area contributed by atoms with Crippen LogP contribution in [0.1, 0.15) is 109 Å². The van der Waals surface area contributed by atoms with Gasteiger partial charge in [0.15, 0.2) is 7.28 Å². The van der Waals surface area contributed by atoms with Crippen LogP contribution in [0.25, 0.3) is 55.0 Å². The number of nitrogens with one attached hydrogen (secondary N) is 1. The fraction of sp³-hybridized carbons (Fsp3) is 0.270. The largest absolute Gasteiger partial charge is 0.455 e. The fourth-order valence-electron chi connectivity index (χ4n) is 12.3. The lowest BCUT2D eigenvalue weighted by Crippen LogP contribution is -2.41. The van der Waals surface area contributed by atoms with E-state index < -0.39 is 0 Å². The first kappa shape index (κ1) is 41.9. The summed E-state index contributed by atoms with van der Waals surface area (Å²) in [7, 11) is 0.775. The summed E-state index contributed by atoms with van der Waals surface area (Å²) >= 11 is 0. The van der Waals surface area contributed by atoms with Crippen LogP contribution in [-0.4, -0.2) is 7.28 Å². The molecule has 0 bridgehead atoms. The molecule has 0 atom stereocenters. The van der Waals surface area contributed by atoms with Crippen LogP contribution >= 0.6 is 0 Å². The minimum Gasteiger partial charge on any atom is -0.455 e. The standard InChI is InChI=1S/C63H61BN2O/c1-38-33-47-49(63(8,9)32-31-61(47,4)5)37-52(38)66-53-34-40(39-17-11-10-12-18-39)23-27-50(53)64-58-54(66)35-41-19-13-14-20-43(41)56(58)57-51(28-25-45-44-21-15-16-22-55(44)67-59(45)57)65-42-24-26-46-48(36-42)62(6,7)30-29-60(46,2)3/h10-28,33-37,64-65H,29-32H2,1-9H3. The highest BCUT2D eigenvalue weighted by Gasteiger charge is 2.40. The lowest BCUT2D eigenvalue weighted by atomic mass is 9.57. The summed E-state index contributed by atoms with van der Waals surface area (Å²) in [6.45, 7) is 21.7. The van der Waals surface area contributed by atoms with Gasteiger partial charge in [-0.25, -0.2) is 0 Å². The van der Waals surface area contributed by atoms with Gasteiger partial charge in [0.25, 0.3) is 0 Å². The smallest absolute Gasteiger partial charge is 0.198 e. The van der Waals surface area contributed by atoms with E-state index >= 15 is 0 Å². The number of rotatable bonds is 5. The van der Waals surface area contributed by atoms with Crippen LogP contribution < -0.4 is 21.1 Å². The Bertz CT molecular complexity index is 3500. The van der Waals surface area contributed by atoms with Gasteiger partial charge < -0.3 is 14.6 Å². The van der Waals surface area contributed by atoms with E-state index in [1.54, 1.807) is 0 Å². The van der Waals surface area contributed by atoms with E-state index in [4.69, 9.17) is 4.42 Å². The molecule has 67 heavy (non-hydrogen) atoms. The zero-order valence-electron chi connectivity index (χ0n) is 40.7. The second-order valence-corrected chi connectivity index (χ2v) is 22.8. The molecule has 2 aliphatic carbocycles. The molecule has 332 valence electrons. The molecule has 3 aliphatic rings. The number of nitrogens with zero attached hydrogens (tertiary/aromatic N) is 1. The number of hydrogen-bond donors (Lipinski definition) is 1. The minimum atomic E-state index is 0.0499. The van der Waals surface area contributed by atoms with Crippen molar-refractivity contribution >= 4 is 79.4 Å². The average molecular weight is 873 g/mol. The quantitative estimate of drug-likeness (QED) is 0.175. The molecule has 3 nitrogen and oxygen atoms in total. The van der Waals surface area contributed by atoms with E-state index in [1.807, 2.05) is 0 Å². The maximum absolute atomic E-state index is 7.12. The Labute approximate surface area is 397 Å². The summed E-state index contributed by atoms with van der Waals surface area (Å²) in [6, 6.07) is 54.9. The molecule has 0 fully saturated rings. The maximum Gasteiger partial charge on any atom is 0.198 e. The molecule has 4 heteroatoms. The number of furan rings is 1. The number of benzene rings is 8. The molecule has 0 radical (unpaired) electrons. The lowest BCUT2D eigenvalue weighted by molar-refractivity contribution is 0.332. The van der Waals surface area contributed by atoms with Crippen LogP contribution in [0, 0.1) is 6.92 Å². The Kier molecular flexibility index (Phi) is 9.21. The third-order valence-corrected chi connectivity index (χ3v) is 16.5. The first-order chi connectivity index (χ1) is 32.1. The second kappa shape index (κ2) is 14.7. The van der Waals surface area contributed by atoms with Crippen molar-refractivity contribution in [3.63, 3.8) is 0 Å². The Morgan fingerprint density at radius 2 is 1.13 bits per heavy atom. The molecule has 0 saturated heterocycles. The summed E-state index contributed by atoms with van der Waals surface area (Å²) < 4.78 is 7.12. The predicted molar refractivity (Wildman–Crippen MR) is 288 cm³/mol. The van der Waals surface area contributed by atoms with Gasteiger partial charge in [0.05, 0.1) is 5.69 Å². The normalized spacial score (nSPS) is 17.4. The molecule has 1 aromatic heterocycles. The van der Waals surface area contributed by atoms with Gasteiger partial charge in [0, 0.05) is 39.1 Å². The van der Waals surface area contributed by atoms with Gasteiger partial charge in [-0.15, -0.1) is 0 Å². The molecule has 8 aromatic carbocycles. The number of para-hydroxylation sites is 1. The van der Waals surface area contributed by atoms with Gasteiger partial charge in [-0.3, -0.25) is 0 Å². The zero-order chi connectivity index (χ0) is 46.2. The van der Waals surface area contributed by atoms with E-state index in [1.165, 1.54) is 103 Å². The van der Waals surface area contributed by atoms with Crippen molar-refractivity contribution in [2.24, 2.45) is 0 Å². The molecule has 0 unspecified atom stereocenters. The van der Waals surface area contributed by atoms with E-state index in [0.717, 1.165) is 52.6 Å². The molecule has 2 heterocycles.